The molecule has 2 unspecified atom stereocenters. The van der Waals surface area contributed by atoms with Crippen LogP contribution >= 0.6 is 0 Å². The smallest absolute Gasteiger partial charge is 0.132 e. The molecule has 0 aromatic carbocycles. The van der Waals surface area contributed by atoms with E-state index in [0.717, 1.165) is 0 Å². The van der Waals surface area contributed by atoms with Crippen molar-refractivity contribution in [2.75, 3.05) is 13.1 Å². The van der Waals surface area contributed by atoms with Gasteiger partial charge in [0, 0.05) is 19.3 Å². The lowest BCUT2D eigenvalue weighted by atomic mass is 10.3. The van der Waals surface area contributed by atoms with E-state index in [2.05, 4.69) is 27.1 Å². The lowest BCUT2D eigenvalue weighted by Gasteiger charge is -2.09. The van der Waals surface area contributed by atoms with Gasteiger partial charge in [0.05, 0.1) is 5.69 Å². The molecule has 3 heteroatoms. The average Bonchev–Trinajstić information content (AvgIpc) is 2.93. The fourth-order valence-electron chi connectivity index (χ4n) is 2.13. The number of fused-ring (bicyclic) bond motifs is 1. The summed E-state index contributed by atoms with van der Waals surface area (Å²) in [4.78, 5) is 4.38. The third-order valence-corrected chi connectivity index (χ3v) is 2.82. The molecule has 0 aliphatic carbocycles. The van der Waals surface area contributed by atoms with Crippen LogP contribution in [0.15, 0.2) is 24.4 Å². The van der Waals surface area contributed by atoms with Crippen LogP contribution < -0.4 is 0 Å². The molecule has 0 bridgehead atoms. The molecule has 1 aromatic rings. The quantitative estimate of drug-likeness (QED) is 0.601. The molecule has 3 nitrogen and oxygen atoms in total. The van der Waals surface area contributed by atoms with E-state index in [9.17, 15) is 0 Å². The molecular weight excluding hydrogens is 162 g/mol. The first-order chi connectivity index (χ1) is 6.47. The Morgan fingerprint density at radius 1 is 1.15 bits per heavy atom. The maximum atomic E-state index is 4.38. The van der Waals surface area contributed by atoms with Crippen molar-refractivity contribution < 1.29 is 0 Å². The summed E-state index contributed by atoms with van der Waals surface area (Å²) in [6, 6.07) is 6.15. The van der Waals surface area contributed by atoms with Gasteiger partial charge in [-0.05, 0) is 25.0 Å². The molecule has 3 rings (SSSR count). The van der Waals surface area contributed by atoms with Gasteiger partial charge in [-0.3, -0.25) is 4.98 Å². The zero-order chi connectivity index (χ0) is 8.67. The molecule has 2 aliphatic heterocycles. The highest BCUT2D eigenvalue weighted by Gasteiger charge is 2.47. The van der Waals surface area contributed by atoms with Gasteiger partial charge in [0.2, 0.25) is 0 Å². The highest BCUT2D eigenvalue weighted by atomic mass is 15.9. The number of rotatable bonds is 1. The van der Waals surface area contributed by atoms with Crippen LogP contribution in [0.2, 0.25) is 0 Å². The summed E-state index contributed by atoms with van der Waals surface area (Å²) in [5, 5.41) is 4.82. The average molecular weight is 175 g/mol. The van der Waals surface area contributed by atoms with Crippen molar-refractivity contribution in [1.29, 1.82) is 0 Å². The first-order valence-corrected chi connectivity index (χ1v) is 4.91. The van der Waals surface area contributed by atoms with Gasteiger partial charge in [0.15, 0.2) is 0 Å². The summed E-state index contributed by atoms with van der Waals surface area (Å²) in [6.07, 6.45) is 5.03. The van der Waals surface area contributed by atoms with E-state index in [-0.39, 0.29) is 0 Å². The van der Waals surface area contributed by atoms with E-state index in [0.29, 0.717) is 6.17 Å². The van der Waals surface area contributed by atoms with Crippen molar-refractivity contribution in [3.8, 4) is 0 Å². The lowest BCUT2D eigenvalue weighted by Crippen LogP contribution is -2.16. The van der Waals surface area contributed by atoms with Crippen molar-refractivity contribution in [2.45, 2.75) is 19.0 Å². The highest BCUT2D eigenvalue weighted by molar-refractivity contribution is 5.13. The summed E-state index contributed by atoms with van der Waals surface area (Å²) in [7, 11) is 0. The minimum atomic E-state index is 0.490. The standard InChI is InChI=1S/C10H13N3/c1-2-6-11-9(5-1)10-12-7-3-4-8-13(10)12/h1-2,5-6,10H,3-4,7-8H2. The normalized spacial score (nSPS) is 36.8. The fourth-order valence-corrected chi connectivity index (χ4v) is 2.13. The van der Waals surface area contributed by atoms with E-state index in [1.807, 2.05) is 12.3 Å². The Bertz CT molecular complexity index is 286. The molecule has 2 fully saturated rings. The van der Waals surface area contributed by atoms with Crippen molar-refractivity contribution in [2.24, 2.45) is 0 Å². The van der Waals surface area contributed by atoms with Gasteiger partial charge in [-0.25, -0.2) is 10.0 Å². The number of pyridine rings is 1. The second kappa shape index (κ2) is 2.79. The highest BCUT2D eigenvalue weighted by Crippen LogP contribution is 2.42. The van der Waals surface area contributed by atoms with Crippen LogP contribution in [0.25, 0.3) is 0 Å². The molecular formula is C10H13N3. The van der Waals surface area contributed by atoms with Gasteiger partial charge in [-0.1, -0.05) is 6.07 Å². The number of hydrazine groups is 1. The Morgan fingerprint density at radius 2 is 1.92 bits per heavy atom. The minimum Gasteiger partial charge on any atom is -0.258 e. The molecule has 2 atom stereocenters. The van der Waals surface area contributed by atoms with Gasteiger partial charge in [-0.15, -0.1) is 0 Å². The Morgan fingerprint density at radius 3 is 2.54 bits per heavy atom. The predicted molar refractivity (Wildman–Crippen MR) is 49.6 cm³/mol. The first kappa shape index (κ1) is 7.47. The van der Waals surface area contributed by atoms with E-state index in [1.54, 1.807) is 0 Å². The SMILES string of the molecule is c1ccc(C2N3CCCCN23)nc1. The minimum absolute atomic E-state index is 0.490. The molecule has 1 aromatic heterocycles. The Balaban J connectivity index is 1.82. The van der Waals surface area contributed by atoms with Gasteiger partial charge < -0.3 is 0 Å². The zero-order valence-corrected chi connectivity index (χ0v) is 7.56. The largest absolute Gasteiger partial charge is 0.258 e. The van der Waals surface area contributed by atoms with Crippen LogP contribution in [0.3, 0.4) is 0 Å². The van der Waals surface area contributed by atoms with Crippen molar-refractivity contribution in [1.82, 2.24) is 15.0 Å². The number of aromatic nitrogens is 1. The summed E-state index contributed by atoms with van der Waals surface area (Å²) in [6.45, 7) is 2.42. The number of hydrogen-bond donors (Lipinski definition) is 0. The molecule has 0 radical (unpaired) electrons. The predicted octanol–water partition coefficient (Wildman–Crippen LogP) is 1.41. The molecule has 68 valence electrons. The lowest BCUT2D eigenvalue weighted by molar-refractivity contribution is 0.252. The van der Waals surface area contributed by atoms with Crippen molar-refractivity contribution in [3.63, 3.8) is 0 Å². The summed E-state index contributed by atoms with van der Waals surface area (Å²) >= 11 is 0. The monoisotopic (exact) mass is 175 g/mol. The van der Waals surface area contributed by atoms with E-state index in [4.69, 9.17) is 0 Å². The van der Waals surface area contributed by atoms with Gasteiger partial charge in [-0.2, -0.15) is 0 Å². The van der Waals surface area contributed by atoms with Crippen LogP contribution in [0.4, 0.5) is 0 Å². The number of nitrogens with zero attached hydrogens (tertiary/aromatic N) is 3. The maximum absolute atomic E-state index is 4.38. The summed E-state index contributed by atoms with van der Waals surface area (Å²) in [5.41, 5.74) is 1.20. The molecule has 2 aliphatic rings. The van der Waals surface area contributed by atoms with Crippen LogP contribution in [0.5, 0.6) is 0 Å². The van der Waals surface area contributed by atoms with Crippen molar-refractivity contribution in [3.05, 3.63) is 30.1 Å². The summed E-state index contributed by atoms with van der Waals surface area (Å²) < 4.78 is 0. The van der Waals surface area contributed by atoms with Crippen LogP contribution in [0.1, 0.15) is 24.7 Å². The van der Waals surface area contributed by atoms with Crippen LogP contribution in [-0.4, -0.2) is 28.1 Å². The molecule has 0 N–H and O–H groups in total. The molecule has 0 saturated carbocycles. The molecule has 2 saturated heterocycles. The third kappa shape index (κ3) is 1.16. The first-order valence-electron chi connectivity index (χ1n) is 4.91. The maximum Gasteiger partial charge on any atom is 0.132 e. The van der Waals surface area contributed by atoms with Gasteiger partial charge in [0.25, 0.3) is 0 Å². The molecule has 3 heterocycles. The zero-order valence-electron chi connectivity index (χ0n) is 7.56. The van der Waals surface area contributed by atoms with Crippen LogP contribution in [-0.2, 0) is 0 Å². The second-order valence-corrected chi connectivity index (χ2v) is 3.66. The Hall–Kier alpha value is -0.930. The van der Waals surface area contributed by atoms with E-state index in [1.165, 1.54) is 31.6 Å². The second-order valence-electron chi connectivity index (χ2n) is 3.66. The summed E-state index contributed by atoms with van der Waals surface area (Å²) in [5.74, 6) is 0. The molecule has 0 amide bonds. The molecule has 13 heavy (non-hydrogen) atoms. The Kier molecular flexibility index (Phi) is 1.60. The third-order valence-electron chi connectivity index (χ3n) is 2.82. The van der Waals surface area contributed by atoms with Gasteiger partial charge in [0.1, 0.15) is 6.17 Å². The van der Waals surface area contributed by atoms with Gasteiger partial charge >= 0.3 is 0 Å². The molecule has 0 spiro atoms. The van der Waals surface area contributed by atoms with Crippen molar-refractivity contribution >= 4 is 0 Å². The van der Waals surface area contributed by atoms with Crippen LogP contribution in [0, 0.1) is 0 Å². The van der Waals surface area contributed by atoms with E-state index >= 15 is 0 Å². The fraction of sp³-hybridized carbons (Fsp3) is 0.500. The number of hydrogen-bond acceptors (Lipinski definition) is 3. The van der Waals surface area contributed by atoms with E-state index < -0.39 is 0 Å². The topological polar surface area (TPSA) is 18.9 Å². The Labute approximate surface area is 78.0 Å².